The monoisotopic (exact) mass is 466 g/mol. The van der Waals surface area contributed by atoms with Gasteiger partial charge in [-0.2, -0.15) is 13.2 Å². The lowest BCUT2D eigenvalue weighted by Gasteiger charge is -2.14. The number of rotatable bonds is 6. The van der Waals surface area contributed by atoms with Gasteiger partial charge in [-0.3, -0.25) is 19.7 Å². The Morgan fingerprint density at radius 1 is 1.16 bits per heavy atom. The van der Waals surface area contributed by atoms with E-state index in [0.717, 1.165) is 23.8 Å². The van der Waals surface area contributed by atoms with Crippen LogP contribution in [0.5, 0.6) is 11.5 Å². The highest BCUT2D eigenvalue weighted by Crippen LogP contribution is 2.38. The van der Waals surface area contributed by atoms with Crippen molar-refractivity contribution in [1.82, 2.24) is 5.32 Å². The number of ether oxygens (including phenoxy) is 2. The molecule has 1 aliphatic heterocycles. The van der Waals surface area contributed by atoms with Crippen LogP contribution in [0.1, 0.15) is 16.7 Å². The van der Waals surface area contributed by atoms with Crippen LogP contribution in [0.3, 0.4) is 0 Å². The maximum atomic E-state index is 13.6. The van der Waals surface area contributed by atoms with Gasteiger partial charge in [0.2, 0.25) is 0 Å². The number of esters is 1. The van der Waals surface area contributed by atoms with E-state index in [2.05, 4.69) is 4.74 Å². The number of nitrogens with one attached hydrogen (secondary N) is 1. The van der Waals surface area contributed by atoms with Crippen LogP contribution >= 0.6 is 11.8 Å². The summed E-state index contributed by atoms with van der Waals surface area (Å²) >= 11 is 0.528. The molecule has 3 N–H and O–H groups in total. The maximum absolute atomic E-state index is 13.6. The summed E-state index contributed by atoms with van der Waals surface area (Å²) < 4.78 is 50.8. The summed E-state index contributed by atoms with van der Waals surface area (Å²) in [5.74, 6) is -1.10. The number of alkyl halides is 3. The van der Waals surface area contributed by atoms with Gasteiger partial charge in [0.25, 0.3) is 11.1 Å². The van der Waals surface area contributed by atoms with E-state index in [1.54, 1.807) is 12.1 Å². The highest BCUT2D eigenvalue weighted by Gasteiger charge is 2.34. The molecule has 11 heteroatoms. The largest absolute Gasteiger partial charge is 0.468 e. The lowest BCUT2D eigenvalue weighted by Crippen LogP contribution is -2.33. The van der Waals surface area contributed by atoms with Gasteiger partial charge in [0, 0.05) is 0 Å². The summed E-state index contributed by atoms with van der Waals surface area (Å²) in [6, 6.07) is 8.79. The number of nitrogens with two attached hydrogens (primary N) is 1. The van der Waals surface area contributed by atoms with Gasteiger partial charge in [-0.05, 0) is 59.7 Å². The Bertz CT molecular complexity index is 1080. The smallest absolute Gasteiger partial charge is 0.417 e. The van der Waals surface area contributed by atoms with Crippen LogP contribution in [0.25, 0.3) is 6.08 Å². The van der Waals surface area contributed by atoms with Gasteiger partial charge in [-0.25, -0.2) is 0 Å². The summed E-state index contributed by atoms with van der Waals surface area (Å²) in [7, 11) is 1.23. The van der Waals surface area contributed by atoms with Crippen molar-refractivity contribution in [2.45, 2.75) is 18.6 Å². The zero-order valence-corrected chi connectivity index (χ0v) is 17.4. The van der Waals surface area contributed by atoms with Gasteiger partial charge >= 0.3 is 12.1 Å². The molecule has 2 aromatic rings. The molecule has 0 unspecified atom stereocenters. The Hall–Kier alpha value is -3.31. The fourth-order valence-corrected chi connectivity index (χ4v) is 3.52. The van der Waals surface area contributed by atoms with Crippen molar-refractivity contribution in [3.8, 4) is 11.5 Å². The molecule has 1 saturated heterocycles. The lowest BCUT2D eigenvalue weighted by molar-refractivity contribution is -0.142. The third-order valence-electron chi connectivity index (χ3n) is 4.38. The minimum Gasteiger partial charge on any atom is -0.468 e. The molecule has 1 aliphatic rings. The predicted octanol–water partition coefficient (Wildman–Crippen LogP) is 3.86. The zero-order valence-electron chi connectivity index (χ0n) is 16.6. The topological polar surface area (TPSA) is 108 Å². The molecule has 7 nitrogen and oxygen atoms in total. The molecule has 0 radical (unpaired) electrons. The summed E-state index contributed by atoms with van der Waals surface area (Å²) in [4.78, 5) is 34.2. The Kier molecular flexibility index (Phi) is 6.90. The highest BCUT2D eigenvalue weighted by atomic mass is 32.2. The number of hydrogen-bond acceptors (Lipinski definition) is 7. The first-order valence-electron chi connectivity index (χ1n) is 9.13. The second kappa shape index (κ2) is 9.45. The first-order chi connectivity index (χ1) is 15.1. The number of methoxy groups -OCH3 is 1. The van der Waals surface area contributed by atoms with E-state index >= 15 is 0 Å². The molecule has 0 bridgehead atoms. The van der Waals surface area contributed by atoms with E-state index in [4.69, 9.17) is 10.5 Å². The van der Waals surface area contributed by atoms with E-state index in [9.17, 15) is 27.6 Å². The van der Waals surface area contributed by atoms with Crippen molar-refractivity contribution in [3.05, 3.63) is 64.1 Å². The molecule has 1 heterocycles. The number of carbonyl (C=O) groups excluding carboxylic acids is 3. The zero-order chi connectivity index (χ0) is 23.5. The molecule has 3 rings (SSSR count). The van der Waals surface area contributed by atoms with Crippen LogP contribution in [0.4, 0.5) is 18.0 Å². The summed E-state index contributed by atoms with van der Waals surface area (Å²) in [6.07, 6.45) is -3.48. The predicted molar refractivity (Wildman–Crippen MR) is 111 cm³/mol. The molecule has 0 aromatic heterocycles. The molecule has 1 fully saturated rings. The Morgan fingerprint density at radius 3 is 2.38 bits per heavy atom. The minimum absolute atomic E-state index is 0.0712. The molecule has 2 amide bonds. The second-order valence-electron chi connectivity index (χ2n) is 6.68. The van der Waals surface area contributed by atoms with E-state index in [1.807, 2.05) is 5.32 Å². The van der Waals surface area contributed by atoms with Crippen LogP contribution in [-0.4, -0.2) is 30.3 Å². The first-order valence-corrected chi connectivity index (χ1v) is 9.95. The van der Waals surface area contributed by atoms with Gasteiger partial charge in [-0.1, -0.05) is 18.2 Å². The maximum Gasteiger partial charge on any atom is 0.417 e. The first kappa shape index (κ1) is 23.4. The van der Waals surface area contributed by atoms with Crippen LogP contribution in [0.2, 0.25) is 0 Å². The molecule has 0 saturated carbocycles. The molecule has 0 aliphatic carbocycles. The van der Waals surface area contributed by atoms with Gasteiger partial charge in [-0.15, -0.1) is 0 Å². The fourth-order valence-electron chi connectivity index (χ4n) is 2.85. The Labute approximate surface area is 184 Å². The third kappa shape index (κ3) is 5.68. The number of amides is 2. The van der Waals surface area contributed by atoms with Gasteiger partial charge in [0.15, 0.2) is 0 Å². The average Bonchev–Trinajstić information content (AvgIpc) is 3.05. The summed E-state index contributed by atoms with van der Waals surface area (Å²) in [5, 5.41) is 1.34. The Balaban J connectivity index is 1.80. The van der Waals surface area contributed by atoms with Crippen molar-refractivity contribution in [2.24, 2.45) is 5.73 Å². The number of benzene rings is 2. The van der Waals surface area contributed by atoms with E-state index in [1.165, 1.54) is 25.3 Å². The van der Waals surface area contributed by atoms with E-state index < -0.39 is 34.9 Å². The standard InChI is InChI=1S/C21H17F3N2O5S/c1-30-19(28)16(25)8-11-2-5-13(6-3-11)31-14-7-4-12(15(10-14)21(22,23)24)9-17-18(27)26-20(29)32-17/h2-7,9-10,16H,8,25H2,1H3,(H,26,27,29)/b17-9+/t16-/m0/s1. The van der Waals surface area contributed by atoms with Crippen molar-refractivity contribution in [1.29, 1.82) is 0 Å². The van der Waals surface area contributed by atoms with E-state index in [0.29, 0.717) is 11.8 Å². The van der Waals surface area contributed by atoms with Crippen LogP contribution in [-0.2, 0) is 26.9 Å². The summed E-state index contributed by atoms with van der Waals surface area (Å²) in [6.45, 7) is 0. The van der Waals surface area contributed by atoms with Crippen molar-refractivity contribution in [2.75, 3.05) is 7.11 Å². The van der Waals surface area contributed by atoms with Crippen molar-refractivity contribution in [3.63, 3.8) is 0 Å². The molecule has 1 atom stereocenters. The van der Waals surface area contributed by atoms with E-state index in [-0.39, 0.29) is 28.4 Å². The number of hydrogen-bond donors (Lipinski definition) is 2. The number of halogens is 3. The average molecular weight is 466 g/mol. The fraction of sp³-hybridized carbons (Fsp3) is 0.190. The number of thioether (sulfide) groups is 1. The van der Waals surface area contributed by atoms with Crippen LogP contribution < -0.4 is 15.8 Å². The Morgan fingerprint density at radius 2 is 1.81 bits per heavy atom. The molecular formula is C21H17F3N2O5S. The van der Waals surface area contributed by atoms with Crippen LogP contribution in [0, 0.1) is 0 Å². The molecule has 0 spiro atoms. The highest BCUT2D eigenvalue weighted by molar-refractivity contribution is 8.18. The number of carbonyl (C=O) groups is 3. The second-order valence-corrected chi connectivity index (χ2v) is 7.69. The summed E-state index contributed by atoms with van der Waals surface area (Å²) in [5.41, 5.74) is 5.13. The molecule has 168 valence electrons. The molecule has 32 heavy (non-hydrogen) atoms. The number of imide groups is 1. The minimum atomic E-state index is -4.72. The molecule has 2 aromatic carbocycles. The van der Waals surface area contributed by atoms with Crippen molar-refractivity contribution < 1.29 is 37.0 Å². The van der Waals surface area contributed by atoms with Crippen LogP contribution in [0.15, 0.2) is 47.4 Å². The third-order valence-corrected chi connectivity index (χ3v) is 5.19. The quantitative estimate of drug-likeness (QED) is 0.492. The van der Waals surface area contributed by atoms with Gasteiger partial charge in [0.05, 0.1) is 17.6 Å². The van der Waals surface area contributed by atoms with Gasteiger partial charge < -0.3 is 15.2 Å². The van der Waals surface area contributed by atoms with Gasteiger partial charge in [0.1, 0.15) is 17.5 Å². The lowest BCUT2D eigenvalue weighted by atomic mass is 10.1. The molecular weight excluding hydrogens is 449 g/mol. The normalized spacial score (nSPS) is 16.1. The SMILES string of the molecule is COC(=O)[C@@H](N)Cc1ccc(Oc2ccc(/C=C3/SC(=O)NC3=O)c(C(F)(F)F)c2)cc1. The van der Waals surface area contributed by atoms with Crippen molar-refractivity contribution >= 4 is 35.0 Å².